The Hall–Kier alpha value is -1.16. The second-order valence-corrected chi connectivity index (χ2v) is 8.48. The Labute approximate surface area is 145 Å². The Balaban J connectivity index is 2.19. The van der Waals surface area contributed by atoms with Crippen LogP contribution in [0.3, 0.4) is 0 Å². The Morgan fingerprint density at radius 1 is 1.52 bits per heavy atom. The number of rotatable bonds is 6. The summed E-state index contributed by atoms with van der Waals surface area (Å²) in [6, 6.07) is 3.16. The molecule has 2 amide bonds. The van der Waals surface area contributed by atoms with Crippen LogP contribution in [0.25, 0.3) is 0 Å². The number of nitrogens with one attached hydrogen (secondary N) is 1. The molecule has 1 unspecified atom stereocenters. The summed E-state index contributed by atoms with van der Waals surface area (Å²) < 4.78 is 17.9. The molecule has 1 aliphatic rings. The third-order valence-corrected chi connectivity index (χ3v) is 5.76. The molecule has 0 spiro atoms. The Morgan fingerprint density at radius 2 is 2.17 bits per heavy atom. The number of nitrogens with zero attached hydrogens (tertiary/aromatic N) is 1. The molecule has 9 heteroatoms. The van der Waals surface area contributed by atoms with Gasteiger partial charge in [0, 0.05) is 11.2 Å². The van der Waals surface area contributed by atoms with E-state index in [0.29, 0.717) is 9.50 Å². The van der Waals surface area contributed by atoms with Crippen LogP contribution >= 0.6 is 15.9 Å². The average Bonchev–Trinajstić information content (AvgIpc) is 2.43. The van der Waals surface area contributed by atoms with Crippen LogP contribution in [0.1, 0.15) is 30.8 Å². The first-order chi connectivity index (χ1) is 10.7. The standard InChI is InChI=1S/C14H18BrN3O4S/c1-8(2)23(21)13-9(15)3-4-10(17-13)12(20)18-14(5-11(16)19)6-22-7-14/h3-4,8H,5-7H2,1-2H3,(H2,16,19)(H,18,20). The topological polar surface area (TPSA) is 117 Å². The van der Waals surface area contributed by atoms with Crippen molar-refractivity contribution in [2.75, 3.05) is 13.2 Å². The maximum atomic E-state index is 12.4. The van der Waals surface area contributed by atoms with E-state index in [1.807, 2.05) is 13.8 Å². The smallest absolute Gasteiger partial charge is 0.270 e. The third kappa shape index (κ3) is 4.23. The summed E-state index contributed by atoms with van der Waals surface area (Å²) in [5, 5.41) is 2.95. The molecule has 2 rings (SSSR count). The number of halogens is 1. The van der Waals surface area contributed by atoms with Crippen molar-refractivity contribution in [3.8, 4) is 0 Å². The summed E-state index contributed by atoms with van der Waals surface area (Å²) in [7, 11) is 0. The largest absolute Gasteiger partial charge is 0.610 e. The molecule has 0 saturated carbocycles. The first-order valence-corrected chi connectivity index (χ1v) is 9.00. The zero-order valence-corrected chi connectivity index (χ0v) is 15.2. The van der Waals surface area contributed by atoms with Gasteiger partial charge >= 0.3 is 0 Å². The fourth-order valence-corrected chi connectivity index (χ4v) is 3.71. The van der Waals surface area contributed by atoms with Crippen molar-refractivity contribution >= 4 is 38.9 Å². The first kappa shape index (κ1) is 18.2. The van der Waals surface area contributed by atoms with Gasteiger partial charge in [0.25, 0.3) is 10.9 Å². The predicted molar refractivity (Wildman–Crippen MR) is 88.3 cm³/mol. The number of carbonyl (C=O) groups is 2. The number of carbonyl (C=O) groups excluding carboxylic acids is 2. The van der Waals surface area contributed by atoms with Crippen molar-refractivity contribution < 1.29 is 18.9 Å². The van der Waals surface area contributed by atoms with Crippen molar-refractivity contribution in [2.24, 2.45) is 5.73 Å². The van der Waals surface area contributed by atoms with Gasteiger partial charge in [-0.25, -0.2) is 0 Å². The van der Waals surface area contributed by atoms with E-state index >= 15 is 0 Å². The van der Waals surface area contributed by atoms with E-state index in [2.05, 4.69) is 26.2 Å². The molecule has 23 heavy (non-hydrogen) atoms. The van der Waals surface area contributed by atoms with Gasteiger partial charge in [0.05, 0.1) is 29.6 Å². The van der Waals surface area contributed by atoms with Crippen molar-refractivity contribution in [3.05, 3.63) is 22.3 Å². The second kappa shape index (κ2) is 7.16. The highest BCUT2D eigenvalue weighted by molar-refractivity contribution is 9.10. The molecule has 2 heterocycles. The molecule has 0 aromatic carbocycles. The second-order valence-electron chi connectivity index (χ2n) is 5.70. The maximum absolute atomic E-state index is 12.4. The highest BCUT2D eigenvalue weighted by Gasteiger charge is 2.42. The molecule has 3 N–H and O–H groups in total. The van der Waals surface area contributed by atoms with Crippen LogP contribution in [0.15, 0.2) is 21.6 Å². The van der Waals surface area contributed by atoms with E-state index < -0.39 is 28.5 Å². The number of nitrogens with two attached hydrogens (primary N) is 1. The molecule has 1 aliphatic heterocycles. The van der Waals surface area contributed by atoms with Gasteiger partial charge in [-0.15, -0.1) is 0 Å². The predicted octanol–water partition coefficient (Wildman–Crippen LogP) is 0.734. The van der Waals surface area contributed by atoms with Crippen LogP contribution < -0.4 is 11.1 Å². The van der Waals surface area contributed by atoms with Gasteiger partial charge in [0.1, 0.15) is 10.9 Å². The average molecular weight is 404 g/mol. The molecule has 1 aromatic rings. The molecule has 0 aliphatic carbocycles. The van der Waals surface area contributed by atoms with Crippen LogP contribution in [0.2, 0.25) is 0 Å². The van der Waals surface area contributed by atoms with Gasteiger partial charge < -0.3 is 20.3 Å². The molecular weight excluding hydrogens is 386 g/mol. The molecule has 0 bridgehead atoms. The normalized spacial score (nSPS) is 17.4. The number of hydrogen-bond acceptors (Lipinski definition) is 5. The van der Waals surface area contributed by atoms with Crippen LogP contribution in [-0.4, -0.2) is 45.4 Å². The minimum absolute atomic E-state index is 0.0000494. The molecule has 1 saturated heterocycles. The van der Waals surface area contributed by atoms with Gasteiger partial charge in [-0.1, -0.05) is 0 Å². The van der Waals surface area contributed by atoms with E-state index in [9.17, 15) is 14.1 Å². The van der Waals surface area contributed by atoms with E-state index in [1.165, 1.54) is 6.07 Å². The van der Waals surface area contributed by atoms with Gasteiger partial charge in [0.2, 0.25) is 5.91 Å². The summed E-state index contributed by atoms with van der Waals surface area (Å²) >= 11 is 1.97. The molecule has 7 nitrogen and oxygen atoms in total. The highest BCUT2D eigenvalue weighted by Crippen LogP contribution is 2.25. The van der Waals surface area contributed by atoms with Crippen molar-refractivity contribution in [1.82, 2.24) is 10.3 Å². The maximum Gasteiger partial charge on any atom is 0.270 e. The van der Waals surface area contributed by atoms with Crippen LogP contribution in [0.4, 0.5) is 0 Å². The Bertz CT molecular complexity index is 622. The number of amides is 2. The van der Waals surface area contributed by atoms with Gasteiger partial charge in [-0.05, 0) is 41.9 Å². The highest BCUT2D eigenvalue weighted by atomic mass is 79.9. The Morgan fingerprint density at radius 3 is 2.65 bits per heavy atom. The van der Waals surface area contributed by atoms with Crippen molar-refractivity contribution in [1.29, 1.82) is 0 Å². The SMILES string of the molecule is CC(C)[S+]([O-])c1nc(C(=O)NC2(CC(N)=O)COC2)ccc1Br. The summed E-state index contributed by atoms with van der Waals surface area (Å²) in [5.74, 6) is -0.969. The lowest BCUT2D eigenvalue weighted by Gasteiger charge is -2.41. The number of pyridine rings is 1. The monoisotopic (exact) mass is 403 g/mol. The minimum Gasteiger partial charge on any atom is -0.610 e. The van der Waals surface area contributed by atoms with E-state index in [0.717, 1.165) is 0 Å². The molecule has 1 aromatic heterocycles. The lowest BCUT2D eigenvalue weighted by molar-refractivity contribution is -0.127. The molecule has 1 fully saturated rings. The molecule has 1 atom stereocenters. The summed E-state index contributed by atoms with van der Waals surface area (Å²) in [6.07, 6.45) is 0.0000494. The van der Waals surface area contributed by atoms with E-state index in [4.69, 9.17) is 10.5 Å². The molecule has 126 valence electrons. The Kier molecular flexibility index (Phi) is 5.66. The fraction of sp³-hybridized carbons (Fsp3) is 0.500. The first-order valence-electron chi connectivity index (χ1n) is 7.00. The quantitative estimate of drug-likeness (QED) is 0.678. The van der Waals surface area contributed by atoms with Crippen LogP contribution in [-0.2, 0) is 20.7 Å². The minimum atomic E-state index is -1.33. The van der Waals surface area contributed by atoms with Crippen molar-refractivity contribution in [3.63, 3.8) is 0 Å². The molecule has 0 radical (unpaired) electrons. The van der Waals surface area contributed by atoms with Gasteiger partial charge in [0.15, 0.2) is 0 Å². The lowest BCUT2D eigenvalue weighted by atomic mass is 9.92. The number of ether oxygens (including phenoxy) is 1. The summed E-state index contributed by atoms with van der Waals surface area (Å²) in [5.41, 5.74) is 4.56. The fourth-order valence-electron chi connectivity index (χ4n) is 2.12. The third-order valence-electron chi connectivity index (χ3n) is 3.31. The number of hydrogen-bond donors (Lipinski definition) is 2. The van der Waals surface area contributed by atoms with Crippen molar-refractivity contribution in [2.45, 2.75) is 36.1 Å². The number of aromatic nitrogens is 1. The van der Waals surface area contributed by atoms with Crippen LogP contribution in [0, 0.1) is 0 Å². The molecular formula is C14H18BrN3O4S. The zero-order chi connectivity index (χ0) is 17.2. The lowest BCUT2D eigenvalue weighted by Crippen LogP contribution is -2.63. The zero-order valence-electron chi connectivity index (χ0n) is 12.8. The number of primary amides is 1. The van der Waals surface area contributed by atoms with E-state index in [-0.39, 0.29) is 30.6 Å². The van der Waals surface area contributed by atoms with Crippen LogP contribution in [0.5, 0.6) is 0 Å². The van der Waals surface area contributed by atoms with E-state index in [1.54, 1.807) is 6.07 Å². The summed E-state index contributed by atoms with van der Waals surface area (Å²) in [6.45, 7) is 4.07. The van der Waals surface area contributed by atoms with Gasteiger partial charge in [-0.2, -0.15) is 4.98 Å². The summed E-state index contributed by atoms with van der Waals surface area (Å²) in [4.78, 5) is 27.7. The van der Waals surface area contributed by atoms with Gasteiger partial charge in [-0.3, -0.25) is 9.59 Å².